The number of rotatable bonds is 9. The Kier molecular flexibility index (Phi) is 8.65. The van der Waals surface area contributed by atoms with Gasteiger partial charge in [0.1, 0.15) is 11.6 Å². The number of hydrogen-bond acceptors (Lipinski definition) is 2. The fraction of sp³-hybridized carbons (Fsp3) is 0.333. The van der Waals surface area contributed by atoms with Crippen molar-refractivity contribution in [2.45, 2.75) is 39.4 Å². The molecule has 0 heterocycles. The number of unbranched alkanes of at least 4 members (excludes halogenated alkanes) is 1. The highest BCUT2D eigenvalue weighted by Gasteiger charge is 2.32. The first kappa shape index (κ1) is 24.4. The average Bonchev–Trinajstić information content (AvgIpc) is 2.73. The zero-order valence-corrected chi connectivity index (χ0v) is 17.9. The van der Waals surface area contributed by atoms with Gasteiger partial charge in [0.15, 0.2) is 0 Å². The van der Waals surface area contributed by atoms with Crippen molar-refractivity contribution in [2.75, 3.05) is 18.9 Å². The van der Waals surface area contributed by atoms with Crippen molar-refractivity contribution < 1.29 is 22.0 Å². The number of halogens is 5. The Labute approximate surface area is 180 Å². The van der Waals surface area contributed by atoms with Crippen LogP contribution in [-0.2, 0) is 6.54 Å². The lowest BCUT2D eigenvalue weighted by Crippen LogP contribution is -2.18. The van der Waals surface area contributed by atoms with Crippen LogP contribution in [-0.4, -0.2) is 24.7 Å². The molecule has 2 nitrogen and oxygen atoms in total. The summed E-state index contributed by atoms with van der Waals surface area (Å²) in [6.45, 7) is 4.16. The summed E-state index contributed by atoms with van der Waals surface area (Å²) in [6, 6.07) is 10.4. The summed E-state index contributed by atoms with van der Waals surface area (Å²) in [4.78, 5) is 1.74. The van der Waals surface area contributed by atoms with Crippen LogP contribution in [0.5, 0.6) is 0 Å². The van der Waals surface area contributed by atoms with E-state index in [4.69, 9.17) is 0 Å². The van der Waals surface area contributed by atoms with Gasteiger partial charge in [-0.05, 0) is 49.2 Å². The molecule has 2 aromatic carbocycles. The fourth-order valence-electron chi connectivity index (χ4n) is 2.94. The molecule has 31 heavy (non-hydrogen) atoms. The highest BCUT2D eigenvalue weighted by atomic mass is 19.4. The van der Waals surface area contributed by atoms with E-state index in [0.717, 1.165) is 6.08 Å². The van der Waals surface area contributed by atoms with Crippen molar-refractivity contribution in [1.82, 2.24) is 4.90 Å². The third kappa shape index (κ3) is 6.84. The maximum absolute atomic E-state index is 13.8. The predicted molar refractivity (Wildman–Crippen MR) is 115 cm³/mol. The van der Waals surface area contributed by atoms with E-state index in [9.17, 15) is 22.0 Å². The van der Waals surface area contributed by atoms with Gasteiger partial charge in [0, 0.05) is 37.1 Å². The van der Waals surface area contributed by atoms with Crippen molar-refractivity contribution in [3.63, 3.8) is 0 Å². The number of benzene rings is 2. The Balaban J connectivity index is 2.28. The highest BCUT2D eigenvalue weighted by molar-refractivity contribution is 5.68. The van der Waals surface area contributed by atoms with E-state index in [1.54, 1.807) is 36.2 Å². The number of nitrogens with one attached hydrogen (secondary N) is 1. The van der Waals surface area contributed by atoms with E-state index < -0.39 is 23.4 Å². The van der Waals surface area contributed by atoms with E-state index in [2.05, 4.69) is 5.32 Å². The standard InChI is InChI=1S/C24H27F5N2/c1-4-6-8-18(24(27,28)29)15-23(31(3)5-2)17-11-13-19(14-12-17)30-16-20-21(25)9-7-10-22(20)26/h7-15,30H,4-6,16H2,1-3H3. The Morgan fingerprint density at radius 3 is 2.13 bits per heavy atom. The van der Waals surface area contributed by atoms with Gasteiger partial charge in [-0.15, -0.1) is 0 Å². The summed E-state index contributed by atoms with van der Waals surface area (Å²) >= 11 is 0. The summed E-state index contributed by atoms with van der Waals surface area (Å²) in [7, 11) is 1.73. The van der Waals surface area contributed by atoms with Crippen molar-refractivity contribution in [1.29, 1.82) is 0 Å². The van der Waals surface area contributed by atoms with Gasteiger partial charge in [-0.25, -0.2) is 8.78 Å². The van der Waals surface area contributed by atoms with E-state index in [1.807, 2.05) is 13.8 Å². The summed E-state index contributed by atoms with van der Waals surface area (Å²) in [6.07, 6.45) is -1.11. The molecule has 0 aliphatic rings. The van der Waals surface area contributed by atoms with E-state index in [1.165, 1.54) is 24.3 Å². The number of alkyl halides is 3. The second-order valence-corrected chi connectivity index (χ2v) is 7.12. The maximum Gasteiger partial charge on any atom is 0.416 e. The topological polar surface area (TPSA) is 15.3 Å². The monoisotopic (exact) mass is 438 g/mol. The van der Waals surface area contributed by atoms with Crippen molar-refractivity contribution in [3.05, 3.63) is 83.0 Å². The molecule has 0 saturated carbocycles. The minimum atomic E-state index is -4.44. The predicted octanol–water partition coefficient (Wildman–Crippen LogP) is 7.16. The first-order valence-electron chi connectivity index (χ1n) is 10.1. The van der Waals surface area contributed by atoms with Gasteiger partial charge < -0.3 is 10.2 Å². The Hall–Kier alpha value is -2.83. The molecule has 0 amide bonds. The SMILES string of the molecule is CCCC=C(C=C(c1ccc(NCc2c(F)cccc2F)cc1)N(C)CC)C(F)(F)F. The van der Waals surface area contributed by atoms with E-state index >= 15 is 0 Å². The molecule has 7 heteroatoms. The van der Waals surface area contributed by atoms with E-state index in [-0.39, 0.29) is 12.1 Å². The van der Waals surface area contributed by atoms with Crippen molar-refractivity contribution in [2.24, 2.45) is 0 Å². The van der Waals surface area contributed by atoms with Gasteiger partial charge in [-0.2, -0.15) is 13.2 Å². The second kappa shape index (κ2) is 11.0. The van der Waals surface area contributed by atoms with Crippen LogP contribution in [0.2, 0.25) is 0 Å². The fourth-order valence-corrected chi connectivity index (χ4v) is 2.94. The van der Waals surface area contributed by atoms with Crippen LogP contribution < -0.4 is 5.32 Å². The normalized spacial score (nSPS) is 12.8. The van der Waals surface area contributed by atoms with Crippen LogP contribution in [0.1, 0.15) is 37.8 Å². The van der Waals surface area contributed by atoms with Gasteiger partial charge in [-0.1, -0.05) is 37.6 Å². The molecule has 168 valence electrons. The lowest BCUT2D eigenvalue weighted by molar-refractivity contribution is -0.0884. The second-order valence-electron chi connectivity index (χ2n) is 7.12. The van der Waals surface area contributed by atoms with Crippen molar-refractivity contribution in [3.8, 4) is 0 Å². The van der Waals surface area contributed by atoms with Gasteiger partial charge >= 0.3 is 6.18 Å². The molecule has 0 bridgehead atoms. The molecule has 0 aliphatic heterocycles. The molecule has 0 atom stereocenters. The first-order valence-corrected chi connectivity index (χ1v) is 10.1. The summed E-state index contributed by atoms with van der Waals surface area (Å²) in [5.74, 6) is -1.28. The quantitative estimate of drug-likeness (QED) is 0.330. The van der Waals surface area contributed by atoms with Crippen LogP contribution in [0.4, 0.5) is 27.6 Å². The van der Waals surface area contributed by atoms with Crippen LogP contribution in [0.15, 0.2) is 60.2 Å². The smallest absolute Gasteiger partial charge is 0.381 e. The van der Waals surface area contributed by atoms with Crippen LogP contribution in [0.25, 0.3) is 5.70 Å². The Bertz CT molecular complexity index is 894. The highest BCUT2D eigenvalue weighted by Crippen LogP contribution is 2.31. The van der Waals surface area contributed by atoms with Crippen molar-refractivity contribution >= 4 is 11.4 Å². The Morgan fingerprint density at radius 1 is 1.00 bits per heavy atom. The molecule has 1 N–H and O–H groups in total. The van der Waals surface area contributed by atoms with Gasteiger partial charge in [0.25, 0.3) is 0 Å². The number of nitrogens with zero attached hydrogens (tertiary/aromatic N) is 1. The average molecular weight is 438 g/mol. The van der Waals surface area contributed by atoms with Crippen LogP contribution >= 0.6 is 0 Å². The lowest BCUT2D eigenvalue weighted by atomic mass is 10.1. The molecular formula is C24H27F5N2. The molecule has 0 aliphatic carbocycles. The molecule has 0 unspecified atom stereocenters. The maximum atomic E-state index is 13.8. The molecule has 2 rings (SSSR count). The third-order valence-corrected chi connectivity index (χ3v) is 4.87. The summed E-state index contributed by atoms with van der Waals surface area (Å²) < 4.78 is 68.0. The van der Waals surface area contributed by atoms with Crippen LogP contribution in [0.3, 0.4) is 0 Å². The minimum absolute atomic E-state index is 0.0482. The van der Waals surface area contributed by atoms with Crippen LogP contribution in [0, 0.1) is 11.6 Å². The lowest BCUT2D eigenvalue weighted by Gasteiger charge is -2.23. The number of anilines is 1. The van der Waals surface area contributed by atoms with Gasteiger partial charge in [0.05, 0.1) is 5.57 Å². The number of allylic oxidation sites excluding steroid dienone is 3. The molecule has 0 radical (unpaired) electrons. The zero-order chi connectivity index (χ0) is 23.0. The third-order valence-electron chi connectivity index (χ3n) is 4.87. The zero-order valence-electron chi connectivity index (χ0n) is 17.9. The first-order chi connectivity index (χ1) is 14.7. The number of hydrogen-bond donors (Lipinski definition) is 1. The molecule has 0 fully saturated rings. The summed E-state index contributed by atoms with van der Waals surface area (Å²) in [5.41, 5.74) is 0.894. The molecular weight excluding hydrogens is 411 g/mol. The summed E-state index contributed by atoms with van der Waals surface area (Å²) in [5, 5.41) is 2.94. The van der Waals surface area contributed by atoms with Gasteiger partial charge in [0.2, 0.25) is 0 Å². The molecule has 2 aromatic rings. The molecule has 0 aromatic heterocycles. The Morgan fingerprint density at radius 2 is 1.61 bits per heavy atom. The minimum Gasteiger partial charge on any atom is -0.381 e. The van der Waals surface area contributed by atoms with Gasteiger partial charge in [-0.3, -0.25) is 0 Å². The molecule has 0 saturated heterocycles. The van der Waals surface area contributed by atoms with E-state index in [0.29, 0.717) is 36.3 Å². The molecule has 0 spiro atoms. The largest absolute Gasteiger partial charge is 0.416 e.